The minimum Gasteiger partial charge on any atom is -0.481 e. The first kappa shape index (κ1) is 31.7. The van der Waals surface area contributed by atoms with Crippen molar-refractivity contribution < 1.29 is 61.9 Å². The predicted octanol–water partition coefficient (Wildman–Crippen LogP) is 1.60. The van der Waals surface area contributed by atoms with Crippen LogP contribution in [0.1, 0.15) is 22.3 Å². The lowest BCUT2D eigenvalue weighted by molar-refractivity contribution is -0.192. The van der Waals surface area contributed by atoms with Gasteiger partial charge < -0.3 is 41.6 Å². The number of carboxylic acid groups (broad SMARTS) is 3. The van der Waals surface area contributed by atoms with E-state index in [0.29, 0.717) is 11.3 Å². The third-order valence-corrected chi connectivity index (χ3v) is 4.08. The number of hydrogen-bond donors (Lipinski definition) is 6. The molecule has 0 radical (unpaired) electrons. The number of carboxylic acids is 3. The average Bonchev–Trinajstić information content (AvgIpc) is 2.82. The minimum atomic E-state index is -5.08. The van der Waals surface area contributed by atoms with E-state index >= 15 is 0 Å². The number of nitrogens with one attached hydrogen (secondary N) is 1. The minimum absolute atomic E-state index is 0.108. The number of amides is 1. The van der Waals surface area contributed by atoms with Gasteiger partial charge in [-0.05, 0) is 42.0 Å². The van der Waals surface area contributed by atoms with Crippen LogP contribution in [0.2, 0.25) is 0 Å². The van der Waals surface area contributed by atoms with Crippen LogP contribution in [0.4, 0.5) is 23.7 Å². The number of guanidine groups is 1. The standard InChI is InChI=1S/C20H20N4O8.C2HF3O2/c21-19(22)23-13-5-3-12(4-6-13)18(29)32-14-7-1-11(2-8-14)10-31-20(30)24-15(17(27)28)9-16(25)26;3-2(4,5)1(6)7/h1-8,15H,9-10H2,(H,24,30)(H,25,26)(H,27,28)(H4,21,22,23);(H,6,7)/t15-;/m0./s1. The number of halogens is 3. The number of aliphatic imine (C=N–C) groups is 1. The molecule has 0 heterocycles. The monoisotopic (exact) mass is 558 g/mol. The maximum atomic E-state index is 12.2. The Hall–Kier alpha value is -5.35. The molecule has 0 saturated carbocycles. The molecule has 2 rings (SSSR count). The smallest absolute Gasteiger partial charge is 0.481 e. The zero-order chi connectivity index (χ0) is 29.8. The highest BCUT2D eigenvalue weighted by molar-refractivity contribution is 5.91. The van der Waals surface area contributed by atoms with E-state index in [2.05, 4.69) is 4.99 Å². The zero-order valence-corrected chi connectivity index (χ0v) is 19.5. The maximum Gasteiger partial charge on any atom is 0.490 e. The van der Waals surface area contributed by atoms with Crippen LogP contribution in [0.3, 0.4) is 0 Å². The van der Waals surface area contributed by atoms with E-state index in [1.807, 2.05) is 5.32 Å². The van der Waals surface area contributed by atoms with Gasteiger partial charge in [0.15, 0.2) is 5.96 Å². The van der Waals surface area contributed by atoms with Gasteiger partial charge in [-0.25, -0.2) is 24.2 Å². The van der Waals surface area contributed by atoms with Crippen molar-refractivity contribution in [3.63, 3.8) is 0 Å². The van der Waals surface area contributed by atoms with Crippen molar-refractivity contribution in [3.8, 4) is 5.75 Å². The first-order valence-electron chi connectivity index (χ1n) is 10.3. The van der Waals surface area contributed by atoms with Crippen molar-refractivity contribution >= 4 is 41.6 Å². The lowest BCUT2D eigenvalue weighted by atomic mass is 10.2. The van der Waals surface area contributed by atoms with Crippen LogP contribution in [0, 0.1) is 0 Å². The number of nitrogens with zero attached hydrogens (tertiary/aromatic N) is 1. The number of ether oxygens (including phenoxy) is 2. The van der Waals surface area contributed by atoms with E-state index in [-0.39, 0.29) is 23.9 Å². The quantitative estimate of drug-likeness (QED) is 0.111. The Bertz CT molecular complexity index is 1210. The number of esters is 1. The lowest BCUT2D eigenvalue weighted by Crippen LogP contribution is -2.42. The van der Waals surface area contributed by atoms with Crippen LogP contribution in [-0.2, 0) is 25.7 Å². The molecule has 1 amide bonds. The number of rotatable bonds is 9. The highest BCUT2D eigenvalue weighted by Gasteiger charge is 2.38. The Balaban J connectivity index is 0.000000956. The number of hydrogen-bond acceptors (Lipinski definition) is 8. The molecule has 0 spiro atoms. The van der Waals surface area contributed by atoms with E-state index in [1.54, 1.807) is 12.1 Å². The Labute approximate surface area is 216 Å². The Morgan fingerprint density at radius 2 is 1.46 bits per heavy atom. The third-order valence-electron chi connectivity index (χ3n) is 4.08. The predicted molar refractivity (Wildman–Crippen MR) is 124 cm³/mol. The lowest BCUT2D eigenvalue weighted by Gasteiger charge is -2.12. The largest absolute Gasteiger partial charge is 0.490 e. The molecule has 1 atom stereocenters. The molecule has 0 fully saturated rings. The average molecular weight is 558 g/mol. The first-order chi connectivity index (χ1) is 18.1. The molecule has 0 aromatic heterocycles. The SMILES string of the molecule is NC(N)=Nc1ccc(C(=O)Oc2ccc(COC(=O)N[C@@H](CC(=O)O)C(=O)O)cc2)cc1.O=C(O)C(F)(F)F. The van der Waals surface area contributed by atoms with Gasteiger partial charge in [-0.15, -0.1) is 0 Å². The number of aliphatic carboxylic acids is 3. The van der Waals surface area contributed by atoms with E-state index in [0.717, 1.165) is 0 Å². The molecule has 39 heavy (non-hydrogen) atoms. The molecule has 210 valence electrons. The van der Waals surface area contributed by atoms with Crippen LogP contribution >= 0.6 is 0 Å². The molecule has 14 nitrogen and oxygen atoms in total. The molecule has 0 aliphatic carbocycles. The van der Waals surface area contributed by atoms with Crippen molar-refractivity contribution in [1.29, 1.82) is 0 Å². The highest BCUT2D eigenvalue weighted by atomic mass is 19.4. The van der Waals surface area contributed by atoms with Gasteiger partial charge in [0.2, 0.25) is 0 Å². The zero-order valence-electron chi connectivity index (χ0n) is 19.5. The molecule has 2 aromatic rings. The number of benzene rings is 2. The van der Waals surface area contributed by atoms with Crippen LogP contribution in [0.25, 0.3) is 0 Å². The van der Waals surface area contributed by atoms with Gasteiger partial charge in [0, 0.05) is 0 Å². The summed E-state index contributed by atoms with van der Waals surface area (Å²) >= 11 is 0. The fraction of sp³-hybridized carbons (Fsp3) is 0.182. The van der Waals surface area contributed by atoms with Gasteiger partial charge in [-0.3, -0.25) is 4.79 Å². The summed E-state index contributed by atoms with van der Waals surface area (Å²) in [7, 11) is 0. The Kier molecular flexibility index (Phi) is 11.7. The molecular formula is C22H21F3N4O10. The highest BCUT2D eigenvalue weighted by Crippen LogP contribution is 2.17. The molecule has 0 aliphatic heterocycles. The molecule has 0 aliphatic rings. The number of alkyl carbamates (subject to hydrolysis) is 1. The third kappa shape index (κ3) is 12.4. The van der Waals surface area contributed by atoms with Gasteiger partial charge in [0.1, 0.15) is 18.4 Å². The van der Waals surface area contributed by atoms with E-state index in [1.165, 1.54) is 36.4 Å². The van der Waals surface area contributed by atoms with Crippen molar-refractivity contribution in [2.24, 2.45) is 16.5 Å². The van der Waals surface area contributed by atoms with Crippen molar-refractivity contribution in [1.82, 2.24) is 5.32 Å². The number of carbonyl (C=O) groups is 5. The summed E-state index contributed by atoms with van der Waals surface area (Å²) in [5.74, 6) is -6.11. The summed E-state index contributed by atoms with van der Waals surface area (Å²) in [5.41, 5.74) is 11.8. The van der Waals surface area contributed by atoms with Crippen molar-refractivity contribution in [2.75, 3.05) is 0 Å². The summed E-state index contributed by atoms with van der Waals surface area (Å²) in [6.07, 6.45) is -6.96. The topological polar surface area (TPSA) is 241 Å². The fourth-order valence-electron chi connectivity index (χ4n) is 2.35. The molecule has 8 N–H and O–H groups in total. The molecule has 2 aromatic carbocycles. The van der Waals surface area contributed by atoms with Gasteiger partial charge in [0.25, 0.3) is 0 Å². The van der Waals surface area contributed by atoms with Gasteiger partial charge in [-0.1, -0.05) is 12.1 Å². The fourth-order valence-corrected chi connectivity index (χ4v) is 2.35. The summed E-state index contributed by atoms with van der Waals surface area (Å²) in [6, 6.07) is 10.5. The first-order valence-corrected chi connectivity index (χ1v) is 10.3. The number of nitrogens with two attached hydrogens (primary N) is 2. The second kappa shape index (κ2) is 14.4. The van der Waals surface area contributed by atoms with Crippen LogP contribution in [0.15, 0.2) is 53.5 Å². The van der Waals surface area contributed by atoms with Crippen LogP contribution < -0.4 is 21.5 Å². The van der Waals surface area contributed by atoms with Crippen molar-refractivity contribution in [2.45, 2.75) is 25.2 Å². The van der Waals surface area contributed by atoms with Gasteiger partial charge >= 0.3 is 36.1 Å². The number of carbonyl (C=O) groups excluding carboxylic acids is 2. The second-order valence-electron chi connectivity index (χ2n) is 7.13. The van der Waals surface area contributed by atoms with Gasteiger partial charge in [0.05, 0.1) is 17.7 Å². The molecule has 0 saturated heterocycles. The second-order valence-corrected chi connectivity index (χ2v) is 7.13. The summed E-state index contributed by atoms with van der Waals surface area (Å²) in [6.45, 7) is -0.217. The normalized spacial score (nSPS) is 11.1. The van der Waals surface area contributed by atoms with Crippen LogP contribution in [0.5, 0.6) is 5.75 Å². The van der Waals surface area contributed by atoms with Crippen LogP contribution in [-0.4, -0.2) is 63.5 Å². The Morgan fingerprint density at radius 3 is 1.90 bits per heavy atom. The molecule has 17 heteroatoms. The molecular weight excluding hydrogens is 537 g/mol. The number of alkyl halides is 3. The summed E-state index contributed by atoms with van der Waals surface area (Å²) in [5, 5.41) is 26.6. The van der Waals surface area contributed by atoms with E-state index in [9.17, 15) is 32.3 Å². The maximum absolute atomic E-state index is 12.2. The molecule has 0 bridgehead atoms. The summed E-state index contributed by atoms with van der Waals surface area (Å²) in [4.78, 5) is 58.2. The Morgan fingerprint density at radius 1 is 0.923 bits per heavy atom. The molecule has 0 unspecified atom stereocenters. The van der Waals surface area contributed by atoms with Crippen molar-refractivity contribution in [3.05, 3.63) is 59.7 Å². The summed E-state index contributed by atoms with van der Waals surface area (Å²) < 4.78 is 41.9. The van der Waals surface area contributed by atoms with E-state index < -0.39 is 48.6 Å². The van der Waals surface area contributed by atoms with Gasteiger partial charge in [-0.2, -0.15) is 13.2 Å². The van der Waals surface area contributed by atoms with E-state index in [4.69, 9.17) is 41.1 Å².